The Balaban J connectivity index is 1.62. The predicted octanol–water partition coefficient (Wildman–Crippen LogP) is 4.53. The number of halogens is 1. The van der Waals surface area contributed by atoms with E-state index in [0.29, 0.717) is 15.5 Å². The van der Waals surface area contributed by atoms with Crippen molar-refractivity contribution in [1.29, 1.82) is 0 Å². The van der Waals surface area contributed by atoms with Crippen LogP contribution in [0.4, 0.5) is 10.5 Å². The number of carbonyl (C=O) groups is 4. The van der Waals surface area contributed by atoms with Gasteiger partial charge in [-0.2, -0.15) is 0 Å². The Labute approximate surface area is 176 Å². The highest BCUT2D eigenvalue weighted by Crippen LogP contribution is 2.41. The average Bonchev–Trinajstić information content (AvgIpc) is 3.34. The number of imide groups is 2. The van der Waals surface area contributed by atoms with Crippen molar-refractivity contribution >= 4 is 52.3 Å². The number of rotatable bonds is 3. The summed E-state index contributed by atoms with van der Waals surface area (Å²) in [5.74, 6) is -2.81. The number of ketones is 1. The first-order chi connectivity index (χ1) is 14.0. The zero-order valence-corrected chi connectivity index (χ0v) is 17.1. The van der Waals surface area contributed by atoms with Crippen LogP contribution in [-0.2, 0) is 9.59 Å². The number of thiophene rings is 1. The van der Waals surface area contributed by atoms with Crippen LogP contribution in [0.2, 0.25) is 5.02 Å². The molecular formula is C21H19ClN2O4S. The van der Waals surface area contributed by atoms with E-state index < -0.39 is 17.9 Å². The van der Waals surface area contributed by atoms with E-state index in [1.165, 1.54) is 23.5 Å². The van der Waals surface area contributed by atoms with Gasteiger partial charge < -0.3 is 0 Å². The molecule has 1 unspecified atom stereocenters. The highest BCUT2D eigenvalue weighted by atomic mass is 35.5. The molecule has 2 heterocycles. The van der Waals surface area contributed by atoms with Crippen LogP contribution >= 0.6 is 22.9 Å². The van der Waals surface area contributed by atoms with Crippen molar-refractivity contribution in [1.82, 2.24) is 5.32 Å². The van der Waals surface area contributed by atoms with E-state index in [9.17, 15) is 19.2 Å². The van der Waals surface area contributed by atoms with Crippen LogP contribution in [0, 0.1) is 5.92 Å². The highest BCUT2D eigenvalue weighted by Gasteiger charge is 2.45. The largest absolute Gasteiger partial charge is 0.335 e. The number of hydrogen-bond acceptors (Lipinski definition) is 5. The molecular weight excluding hydrogens is 412 g/mol. The summed E-state index contributed by atoms with van der Waals surface area (Å²) in [5, 5.41) is 4.47. The summed E-state index contributed by atoms with van der Waals surface area (Å²) in [6.45, 7) is 0. The standard InChI is InChI=1S/C21H19ClN2O4S/c22-13-8-9-15-14(11-13)17(18(25)16-7-4-10-29-16)20(27)24(15)21(28)23-19(26)12-5-2-1-3-6-12/h4,7-12,17H,1-3,5-6H2,(H,23,26,28). The molecule has 1 saturated carbocycles. The van der Waals surface area contributed by atoms with Crippen molar-refractivity contribution in [3.05, 3.63) is 51.2 Å². The minimum Gasteiger partial charge on any atom is -0.292 e. The predicted molar refractivity (Wildman–Crippen MR) is 110 cm³/mol. The Morgan fingerprint density at radius 1 is 1.10 bits per heavy atom. The molecule has 4 amide bonds. The number of amides is 4. The van der Waals surface area contributed by atoms with Gasteiger partial charge in [0.05, 0.1) is 10.6 Å². The lowest BCUT2D eigenvalue weighted by atomic mass is 9.89. The first kappa shape index (κ1) is 19.8. The minimum absolute atomic E-state index is 0.223. The van der Waals surface area contributed by atoms with Gasteiger partial charge in [-0.25, -0.2) is 9.69 Å². The van der Waals surface area contributed by atoms with Crippen molar-refractivity contribution in [2.24, 2.45) is 5.92 Å². The minimum atomic E-state index is -1.15. The van der Waals surface area contributed by atoms with E-state index in [1.807, 2.05) is 0 Å². The van der Waals surface area contributed by atoms with E-state index in [4.69, 9.17) is 11.6 Å². The van der Waals surface area contributed by atoms with Crippen LogP contribution in [0.5, 0.6) is 0 Å². The van der Waals surface area contributed by atoms with Crippen LogP contribution in [0.1, 0.15) is 53.3 Å². The summed E-state index contributed by atoms with van der Waals surface area (Å²) >= 11 is 7.32. The number of nitrogens with one attached hydrogen (secondary N) is 1. The van der Waals surface area contributed by atoms with Crippen molar-refractivity contribution in [3.8, 4) is 0 Å². The second kappa shape index (κ2) is 8.08. The monoisotopic (exact) mass is 430 g/mol. The molecule has 4 rings (SSSR count). The van der Waals surface area contributed by atoms with Gasteiger partial charge in [0.1, 0.15) is 5.92 Å². The molecule has 1 atom stereocenters. The fraction of sp³-hybridized carbons (Fsp3) is 0.333. The molecule has 2 aliphatic rings. The summed E-state index contributed by atoms with van der Waals surface area (Å²) < 4.78 is 0. The van der Waals surface area contributed by atoms with Gasteiger partial charge in [0.25, 0.3) is 5.91 Å². The van der Waals surface area contributed by atoms with Gasteiger partial charge in [0, 0.05) is 10.9 Å². The number of fused-ring (bicyclic) bond motifs is 1. The molecule has 1 aromatic carbocycles. The van der Waals surface area contributed by atoms with E-state index in [-0.39, 0.29) is 23.3 Å². The van der Waals surface area contributed by atoms with Gasteiger partial charge in [-0.1, -0.05) is 36.9 Å². The summed E-state index contributed by atoms with van der Waals surface area (Å²) in [6, 6.07) is 7.15. The average molecular weight is 431 g/mol. The zero-order valence-electron chi connectivity index (χ0n) is 15.5. The molecule has 8 heteroatoms. The van der Waals surface area contributed by atoms with E-state index >= 15 is 0 Å². The molecule has 29 heavy (non-hydrogen) atoms. The van der Waals surface area contributed by atoms with Gasteiger partial charge in [-0.3, -0.25) is 19.7 Å². The van der Waals surface area contributed by atoms with Crippen molar-refractivity contribution in [2.75, 3.05) is 4.90 Å². The van der Waals surface area contributed by atoms with Gasteiger partial charge in [-0.15, -0.1) is 11.3 Å². The molecule has 1 aliphatic carbocycles. The first-order valence-corrected chi connectivity index (χ1v) is 10.8. The van der Waals surface area contributed by atoms with E-state index in [2.05, 4.69) is 5.32 Å². The number of urea groups is 1. The molecule has 0 spiro atoms. The second-order valence-corrected chi connectivity index (χ2v) is 8.66. The molecule has 0 saturated heterocycles. The molecule has 2 aromatic rings. The number of nitrogens with zero attached hydrogens (tertiary/aromatic N) is 1. The lowest BCUT2D eigenvalue weighted by Gasteiger charge is -2.22. The van der Waals surface area contributed by atoms with E-state index in [0.717, 1.165) is 37.0 Å². The third kappa shape index (κ3) is 3.72. The summed E-state index contributed by atoms with van der Waals surface area (Å²) in [6.07, 6.45) is 4.46. The number of benzene rings is 1. The molecule has 0 radical (unpaired) electrons. The van der Waals surface area contributed by atoms with Gasteiger partial charge in [0.15, 0.2) is 5.78 Å². The highest BCUT2D eigenvalue weighted by molar-refractivity contribution is 7.12. The first-order valence-electron chi connectivity index (χ1n) is 9.53. The van der Waals surface area contributed by atoms with Gasteiger partial charge in [0.2, 0.25) is 5.91 Å². The maximum Gasteiger partial charge on any atom is 0.335 e. The maximum absolute atomic E-state index is 13.1. The molecule has 150 valence electrons. The Hall–Kier alpha value is -2.51. The van der Waals surface area contributed by atoms with Crippen molar-refractivity contribution < 1.29 is 19.2 Å². The molecule has 1 fully saturated rings. The summed E-state index contributed by atoms with van der Waals surface area (Å²) in [7, 11) is 0. The lowest BCUT2D eigenvalue weighted by Crippen LogP contribution is -2.47. The Kier molecular flexibility index (Phi) is 5.52. The number of carbonyl (C=O) groups excluding carboxylic acids is 4. The normalized spacial score (nSPS) is 19.1. The third-order valence-electron chi connectivity index (χ3n) is 5.44. The molecule has 6 nitrogen and oxygen atoms in total. The van der Waals surface area contributed by atoms with Crippen LogP contribution in [0.3, 0.4) is 0 Å². The molecule has 1 aromatic heterocycles. The Bertz CT molecular complexity index is 983. The van der Waals surface area contributed by atoms with Crippen molar-refractivity contribution in [2.45, 2.75) is 38.0 Å². The second-order valence-electron chi connectivity index (χ2n) is 7.28. The van der Waals surface area contributed by atoms with Gasteiger partial charge in [-0.05, 0) is 48.1 Å². The number of anilines is 1. The third-order valence-corrected chi connectivity index (χ3v) is 6.56. The van der Waals surface area contributed by atoms with Gasteiger partial charge >= 0.3 is 6.03 Å². The smallest absolute Gasteiger partial charge is 0.292 e. The van der Waals surface area contributed by atoms with Crippen LogP contribution in [-0.4, -0.2) is 23.6 Å². The maximum atomic E-state index is 13.1. The Morgan fingerprint density at radius 2 is 1.86 bits per heavy atom. The fourth-order valence-electron chi connectivity index (χ4n) is 3.99. The van der Waals surface area contributed by atoms with Crippen molar-refractivity contribution in [3.63, 3.8) is 0 Å². The SMILES string of the molecule is O=C(NC(=O)N1C(=O)C(C(=O)c2cccs2)c2cc(Cl)ccc21)C1CCCCC1. The van der Waals surface area contributed by atoms with Crippen LogP contribution < -0.4 is 10.2 Å². The lowest BCUT2D eigenvalue weighted by molar-refractivity contribution is -0.124. The van der Waals surface area contributed by atoms with E-state index in [1.54, 1.807) is 23.6 Å². The Morgan fingerprint density at radius 3 is 2.55 bits per heavy atom. The summed E-state index contributed by atoms with van der Waals surface area (Å²) in [4.78, 5) is 52.7. The fourth-order valence-corrected chi connectivity index (χ4v) is 4.87. The quantitative estimate of drug-likeness (QED) is 0.572. The van der Waals surface area contributed by atoms with Crippen LogP contribution in [0.15, 0.2) is 35.7 Å². The molecule has 0 bridgehead atoms. The topological polar surface area (TPSA) is 83.6 Å². The number of Topliss-reactive ketones (excluding diaryl/α,β-unsaturated/α-hetero) is 1. The number of hydrogen-bond donors (Lipinski definition) is 1. The zero-order chi connectivity index (χ0) is 20.5. The molecule has 1 aliphatic heterocycles. The van der Waals surface area contributed by atoms with Crippen LogP contribution in [0.25, 0.3) is 0 Å². The summed E-state index contributed by atoms with van der Waals surface area (Å²) in [5.41, 5.74) is 0.657. The molecule has 1 N–H and O–H groups in total.